The highest BCUT2D eigenvalue weighted by atomic mass is 35.5. The molecule has 2 heterocycles. The number of carbonyl (C=O) groups is 2. The number of halogens is 2. The first-order chi connectivity index (χ1) is 10.1. The van der Waals surface area contributed by atoms with Gasteiger partial charge < -0.3 is 19.5 Å². The fourth-order valence-electron chi connectivity index (χ4n) is 2.04. The van der Waals surface area contributed by atoms with Crippen LogP contribution in [0, 0.1) is 0 Å². The second-order valence-corrected chi connectivity index (χ2v) is 5.68. The summed E-state index contributed by atoms with van der Waals surface area (Å²) in [5.74, 6) is -0.661. The number of carbonyl (C=O) groups excluding carboxylic acids is 2. The van der Waals surface area contributed by atoms with Crippen LogP contribution in [0.15, 0.2) is 16.9 Å². The molecular weight excluding hydrogens is 321 g/mol. The third kappa shape index (κ3) is 4.87. The zero-order chi connectivity index (χ0) is 15.2. The lowest BCUT2D eigenvalue weighted by molar-refractivity contribution is -0.134. The lowest BCUT2D eigenvalue weighted by Gasteiger charge is -2.25. The van der Waals surface area contributed by atoms with Gasteiger partial charge in [-0.1, -0.05) is 28.4 Å². The van der Waals surface area contributed by atoms with Gasteiger partial charge in [0, 0.05) is 19.2 Å². The van der Waals surface area contributed by atoms with Gasteiger partial charge in [0.1, 0.15) is 12.8 Å². The number of rotatable bonds is 6. The summed E-state index contributed by atoms with van der Waals surface area (Å²) in [6.45, 7) is 0.755. The Labute approximate surface area is 131 Å². The van der Waals surface area contributed by atoms with Gasteiger partial charge in [-0.3, -0.25) is 9.59 Å². The SMILES string of the molecule is O=C(CN(CC1CCCO1)C(=O)C(Cl)Cl)Nc1ccon1. The minimum atomic E-state index is -1.22. The Morgan fingerprint density at radius 3 is 2.90 bits per heavy atom. The van der Waals surface area contributed by atoms with Gasteiger partial charge in [0.2, 0.25) is 5.91 Å². The third-order valence-corrected chi connectivity index (χ3v) is 3.36. The van der Waals surface area contributed by atoms with Crippen molar-refractivity contribution in [2.24, 2.45) is 0 Å². The van der Waals surface area contributed by atoms with Crippen LogP contribution >= 0.6 is 23.2 Å². The summed E-state index contributed by atoms with van der Waals surface area (Å²) in [5.41, 5.74) is 0. The molecule has 1 aliphatic heterocycles. The Kier molecular flexibility index (Phi) is 5.84. The van der Waals surface area contributed by atoms with Crippen molar-refractivity contribution in [1.29, 1.82) is 0 Å². The van der Waals surface area contributed by atoms with Crippen molar-refractivity contribution in [2.45, 2.75) is 23.8 Å². The van der Waals surface area contributed by atoms with Crippen LogP contribution in [0.2, 0.25) is 0 Å². The number of hydrogen-bond acceptors (Lipinski definition) is 5. The molecule has 116 valence electrons. The smallest absolute Gasteiger partial charge is 0.256 e. The van der Waals surface area contributed by atoms with Crippen molar-refractivity contribution in [3.8, 4) is 0 Å². The van der Waals surface area contributed by atoms with Crippen LogP contribution in [0.3, 0.4) is 0 Å². The van der Waals surface area contributed by atoms with Gasteiger partial charge in [0.15, 0.2) is 10.7 Å². The highest BCUT2D eigenvalue weighted by molar-refractivity contribution is 6.53. The molecule has 0 aliphatic carbocycles. The van der Waals surface area contributed by atoms with Gasteiger partial charge in [-0.2, -0.15) is 0 Å². The van der Waals surface area contributed by atoms with E-state index in [9.17, 15) is 9.59 Å². The summed E-state index contributed by atoms with van der Waals surface area (Å²) < 4.78 is 10.1. The van der Waals surface area contributed by atoms with E-state index >= 15 is 0 Å². The average molecular weight is 336 g/mol. The van der Waals surface area contributed by atoms with Crippen LogP contribution in [0.5, 0.6) is 0 Å². The standard InChI is InChI=1S/C12H15Cl2N3O4/c13-11(14)12(19)17(6-8-2-1-4-20-8)7-10(18)15-9-3-5-21-16-9/h3,5,8,11H,1-2,4,6-7H2,(H,15,16,18). The van der Waals surface area contributed by atoms with Gasteiger partial charge in [-0.05, 0) is 12.8 Å². The number of amides is 2. The molecule has 9 heteroatoms. The topological polar surface area (TPSA) is 84.7 Å². The quantitative estimate of drug-likeness (QED) is 0.795. The molecule has 1 aromatic heterocycles. The van der Waals surface area contributed by atoms with Crippen LogP contribution in [-0.2, 0) is 14.3 Å². The molecule has 21 heavy (non-hydrogen) atoms. The van der Waals surface area contributed by atoms with Crippen molar-refractivity contribution >= 4 is 40.8 Å². The number of alkyl halides is 2. The lowest BCUT2D eigenvalue weighted by Crippen LogP contribution is -2.44. The first-order valence-corrected chi connectivity index (χ1v) is 7.32. The van der Waals surface area contributed by atoms with E-state index in [-0.39, 0.29) is 25.0 Å². The van der Waals surface area contributed by atoms with Crippen LogP contribution < -0.4 is 5.32 Å². The van der Waals surface area contributed by atoms with E-state index in [4.69, 9.17) is 27.9 Å². The molecule has 0 radical (unpaired) electrons. The fraction of sp³-hybridized carbons (Fsp3) is 0.583. The number of ether oxygens (including phenoxy) is 1. The number of aromatic nitrogens is 1. The molecule has 1 fully saturated rings. The predicted molar refractivity (Wildman–Crippen MR) is 76.2 cm³/mol. The number of nitrogens with one attached hydrogen (secondary N) is 1. The zero-order valence-corrected chi connectivity index (χ0v) is 12.6. The van der Waals surface area contributed by atoms with Crippen molar-refractivity contribution in [1.82, 2.24) is 10.1 Å². The van der Waals surface area contributed by atoms with Crippen molar-refractivity contribution < 1.29 is 18.8 Å². The van der Waals surface area contributed by atoms with Crippen molar-refractivity contribution in [3.05, 3.63) is 12.3 Å². The Morgan fingerprint density at radius 2 is 2.33 bits per heavy atom. The first-order valence-electron chi connectivity index (χ1n) is 6.45. The van der Waals surface area contributed by atoms with E-state index in [0.29, 0.717) is 6.61 Å². The summed E-state index contributed by atoms with van der Waals surface area (Å²) in [4.78, 5) is 23.9. The average Bonchev–Trinajstić information content (AvgIpc) is 3.10. The second-order valence-electron chi connectivity index (χ2n) is 4.59. The molecule has 7 nitrogen and oxygen atoms in total. The van der Waals surface area contributed by atoms with Gasteiger partial charge in [-0.15, -0.1) is 0 Å². The summed E-state index contributed by atoms with van der Waals surface area (Å²) in [5, 5.41) is 6.07. The highest BCUT2D eigenvalue weighted by Gasteiger charge is 2.27. The van der Waals surface area contributed by atoms with E-state index in [1.165, 1.54) is 17.2 Å². The number of hydrogen-bond donors (Lipinski definition) is 1. The maximum atomic E-state index is 12.0. The number of nitrogens with zero attached hydrogens (tertiary/aromatic N) is 2. The molecule has 1 aromatic rings. The molecule has 1 N–H and O–H groups in total. The molecule has 0 spiro atoms. The third-order valence-electron chi connectivity index (χ3n) is 2.99. The van der Waals surface area contributed by atoms with Gasteiger partial charge in [0.05, 0.1) is 6.10 Å². The number of anilines is 1. The Morgan fingerprint density at radius 1 is 1.52 bits per heavy atom. The molecule has 1 atom stereocenters. The molecule has 1 saturated heterocycles. The Hall–Kier alpha value is -1.31. The van der Waals surface area contributed by atoms with Crippen LogP contribution in [-0.4, -0.2) is 52.5 Å². The summed E-state index contributed by atoms with van der Waals surface area (Å²) in [6.07, 6.45) is 3.01. The van der Waals surface area contributed by atoms with E-state index < -0.39 is 16.7 Å². The first kappa shape index (κ1) is 16.1. The molecule has 0 saturated carbocycles. The minimum Gasteiger partial charge on any atom is -0.376 e. The molecule has 1 aliphatic rings. The fourth-order valence-corrected chi connectivity index (χ4v) is 2.31. The van der Waals surface area contributed by atoms with E-state index in [1.54, 1.807) is 0 Å². The molecule has 1 unspecified atom stereocenters. The van der Waals surface area contributed by atoms with E-state index in [2.05, 4.69) is 15.0 Å². The zero-order valence-electron chi connectivity index (χ0n) is 11.1. The monoisotopic (exact) mass is 335 g/mol. The summed E-state index contributed by atoms with van der Waals surface area (Å²) >= 11 is 11.2. The lowest BCUT2D eigenvalue weighted by atomic mass is 10.2. The van der Waals surface area contributed by atoms with Crippen molar-refractivity contribution in [2.75, 3.05) is 25.0 Å². The van der Waals surface area contributed by atoms with Gasteiger partial charge in [-0.25, -0.2) is 0 Å². The van der Waals surface area contributed by atoms with Crippen LogP contribution in [0.4, 0.5) is 5.82 Å². The Bertz CT molecular complexity index is 475. The maximum absolute atomic E-state index is 12.0. The molecule has 2 amide bonds. The van der Waals surface area contributed by atoms with Crippen molar-refractivity contribution in [3.63, 3.8) is 0 Å². The molecular formula is C12H15Cl2N3O4. The summed E-state index contributed by atoms with van der Waals surface area (Å²) in [6, 6.07) is 1.50. The van der Waals surface area contributed by atoms with E-state index in [0.717, 1.165) is 12.8 Å². The molecule has 0 aromatic carbocycles. The predicted octanol–water partition coefficient (Wildman–Crippen LogP) is 1.42. The van der Waals surface area contributed by atoms with Gasteiger partial charge in [0.25, 0.3) is 5.91 Å². The highest BCUT2D eigenvalue weighted by Crippen LogP contribution is 2.16. The van der Waals surface area contributed by atoms with Gasteiger partial charge >= 0.3 is 0 Å². The minimum absolute atomic E-state index is 0.0964. The summed E-state index contributed by atoms with van der Waals surface area (Å²) in [7, 11) is 0. The largest absolute Gasteiger partial charge is 0.376 e. The molecule has 0 bridgehead atoms. The van der Waals surface area contributed by atoms with E-state index in [1.807, 2.05) is 0 Å². The second kappa shape index (κ2) is 7.63. The Balaban J connectivity index is 1.93. The van der Waals surface area contributed by atoms with Crippen LogP contribution in [0.1, 0.15) is 12.8 Å². The van der Waals surface area contributed by atoms with Crippen LogP contribution in [0.25, 0.3) is 0 Å². The maximum Gasteiger partial charge on any atom is 0.256 e. The molecule has 2 rings (SSSR count). The normalized spacial score (nSPS) is 18.0.